The summed E-state index contributed by atoms with van der Waals surface area (Å²) in [6.45, 7) is 1.76. The van der Waals surface area contributed by atoms with Gasteiger partial charge in [0, 0.05) is 25.0 Å². The zero-order chi connectivity index (χ0) is 17.6. The van der Waals surface area contributed by atoms with Crippen LogP contribution in [0.4, 0.5) is 5.69 Å². The van der Waals surface area contributed by atoms with E-state index in [0.29, 0.717) is 33.5 Å². The van der Waals surface area contributed by atoms with E-state index in [9.17, 15) is 9.59 Å². The Bertz CT molecular complexity index is 1190. The molecular formula is C18H14N4O3. The number of rotatable bonds is 2. The fourth-order valence-electron chi connectivity index (χ4n) is 2.78. The lowest BCUT2D eigenvalue weighted by atomic mass is 10.1. The Labute approximate surface area is 141 Å². The van der Waals surface area contributed by atoms with Gasteiger partial charge in [0.1, 0.15) is 5.52 Å². The summed E-state index contributed by atoms with van der Waals surface area (Å²) in [6, 6.07) is 12.1. The third-order valence-corrected chi connectivity index (χ3v) is 3.92. The van der Waals surface area contributed by atoms with Crippen LogP contribution in [0.3, 0.4) is 0 Å². The van der Waals surface area contributed by atoms with E-state index in [4.69, 9.17) is 4.42 Å². The predicted molar refractivity (Wildman–Crippen MR) is 93.7 cm³/mol. The van der Waals surface area contributed by atoms with E-state index < -0.39 is 5.91 Å². The summed E-state index contributed by atoms with van der Waals surface area (Å²) in [5.41, 5.74) is 1.83. The molecule has 0 unspecified atom stereocenters. The summed E-state index contributed by atoms with van der Waals surface area (Å²) in [4.78, 5) is 29.1. The van der Waals surface area contributed by atoms with Gasteiger partial charge in [0.15, 0.2) is 17.2 Å². The molecule has 1 N–H and O–H groups in total. The van der Waals surface area contributed by atoms with Crippen LogP contribution < -0.4 is 10.9 Å². The fraction of sp³-hybridized carbons (Fsp3) is 0.111. The second kappa shape index (κ2) is 5.55. The Kier molecular flexibility index (Phi) is 3.35. The van der Waals surface area contributed by atoms with Gasteiger partial charge in [-0.1, -0.05) is 18.2 Å². The highest BCUT2D eigenvalue weighted by Gasteiger charge is 2.16. The number of hydrogen-bond donors (Lipinski definition) is 1. The summed E-state index contributed by atoms with van der Waals surface area (Å²) >= 11 is 0. The van der Waals surface area contributed by atoms with Gasteiger partial charge in [-0.05, 0) is 24.3 Å². The molecule has 25 heavy (non-hydrogen) atoms. The van der Waals surface area contributed by atoms with Crippen molar-refractivity contribution in [2.45, 2.75) is 6.92 Å². The Balaban J connectivity index is 1.76. The first kappa shape index (κ1) is 15.1. The summed E-state index contributed by atoms with van der Waals surface area (Å²) in [5, 5.41) is 7.89. The van der Waals surface area contributed by atoms with Gasteiger partial charge in [0.25, 0.3) is 11.5 Å². The second-order valence-electron chi connectivity index (χ2n) is 5.69. The van der Waals surface area contributed by atoms with Crippen LogP contribution in [-0.2, 0) is 7.05 Å². The molecule has 0 spiro atoms. The van der Waals surface area contributed by atoms with Crippen LogP contribution in [0.2, 0.25) is 0 Å². The SMILES string of the molecule is Cc1nc2cc(NC(=O)c3nn(C)c(=O)c4ccccc34)ccc2o1. The maximum atomic E-state index is 12.7. The number of nitrogens with zero attached hydrogens (tertiary/aromatic N) is 3. The highest BCUT2D eigenvalue weighted by atomic mass is 16.3. The zero-order valence-corrected chi connectivity index (χ0v) is 13.6. The molecule has 0 aliphatic heterocycles. The minimum Gasteiger partial charge on any atom is -0.441 e. The third-order valence-electron chi connectivity index (χ3n) is 3.92. The average molecular weight is 334 g/mol. The molecule has 0 radical (unpaired) electrons. The first-order valence-corrected chi connectivity index (χ1v) is 7.67. The summed E-state index contributed by atoms with van der Waals surface area (Å²) in [7, 11) is 1.52. The standard InChI is InChI=1S/C18H14N4O3/c1-10-19-14-9-11(7-8-15(14)25-10)20-17(23)16-12-5-3-4-6-13(12)18(24)22(2)21-16/h3-9H,1-2H3,(H,20,23). The first-order chi connectivity index (χ1) is 12.0. The second-order valence-corrected chi connectivity index (χ2v) is 5.69. The number of aromatic nitrogens is 3. The average Bonchev–Trinajstić information content (AvgIpc) is 2.97. The normalized spacial score (nSPS) is 11.1. The van der Waals surface area contributed by atoms with Crippen molar-refractivity contribution in [1.82, 2.24) is 14.8 Å². The highest BCUT2D eigenvalue weighted by molar-refractivity contribution is 6.11. The van der Waals surface area contributed by atoms with Gasteiger partial charge in [0.05, 0.1) is 5.39 Å². The zero-order valence-electron chi connectivity index (χ0n) is 13.6. The van der Waals surface area contributed by atoms with Gasteiger partial charge in [0.2, 0.25) is 0 Å². The maximum Gasteiger partial charge on any atom is 0.276 e. The topological polar surface area (TPSA) is 90.0 Å². The Hall–Kier alpha value is -3.48. The summed E-state index contributed by atoms with van der Waals surface area (Å²) < 4.78 is 6.59. The van der Waals surface area contributed by atoms with Crippen molar-refractivity contribution < 1.29 is 9.21 Å². The molecule has 0 saturated heterocycles. The predicted octanol–water partition coefficient (Wildman–Crippen LogP) is 2.64. The van der Waals surface area contributed by atoms with Crippen LogP contribution in [0.25, 0.3) is 21.9 Å². The van der Waals surface area contributed by atoms with Crippen molar-refractivity contribution >= 4 is 33.5 Å². The number of carbonyl (C=O) groups is 1. The minimum atomic E-state index is -0.397. The minimum absolute atomic E-state index is 0.189. The van der Waals surface area contributed by atoms with E-state index in [1.165, 1.54) is 11.7 Å². The molecule has 0 saturated carbocycles. The number of amides is 1. The Morgan fingerprint density at radius 1 is 1.16 bits per heavy atom. The quantitative estimate of drug-likeness (QED) is 0.608. The number of nitrogens with one attached hydrogen (secondary N) is 1. The molecule has 0 aliphatic carbocycles. The lowest BCUT2D eigenvalue weighted by molar-refractivity contribution is 0.102. The summed E-state index contributed by atoms with van der Waals surface area (Å²) in [6.07, 6.45) is 0. The third kappa shape index (κ3) is 2.55. The molecule has 7 heteroatoms. The van der Waals surface area contributed by atoms with E-state index in [0.717, 1.165) is 0 Å². The largest absolute Gasteiger partial charge is 0.441 e. The molecule has 0 atom stereocenters. The van der Waals surface area contributed by atoms with Crippen LogP contribution in [0.5, 0.6) is 0 Å². The van der Waals surface area contributed by atoms with E-state index in [-0.39, 0.29) is 11.3 Å². The number of carbonyl (C=O) groups excluding carboxylic acids is 1. The van der Waals surface area contributed by atoms with Gasteiger partial charge < -0.3 is 9.73 Å². The number of anilines is 1. The van der Waals surface area contributed by atoms with Crippen molar-refractivity contribution in [3.63, 3.8) is 0 Å². The van der Waals surface area contributed by atoms with Crippen molar-refractivity contribution in [2.75, 3.05) is 5.32 Å². The van der Waals surface area contributed by atoms with Gasteiger partial charge in [-0.2, -0.15) is 5.10 Å². The molecular weight excluding hydrogens is 320 g/mol. The maximum absolute atomic E-state index is 12.7. The molecule has 0 aliphatic rings. The van der Waals surface area contributed by atoms with Crippen LogP contribution in [0.1, 0.15) is 16.4 Å². The molecule has 1 amide bonds. The molecule has 7 nitrogen and oxygen atoms in total. The van der Waals surface area contributed by atoms with Gasteiger partial charge in [-0.15, -0.1) is 0 Å². The Morgan fingerprint density at radius 2 is 1.92 bits per heavy atom. The Morgan fingerprint density at radius 3 is 2.72 bits per heavy atom. The van der Waals surface area contributed by atoms with E-state index in [1.807, 2.05) is 0 Å². The highest BCUT2D eigenvalue weighted by Crippen LogP contribution is 2.21. The van der Waals surface area contributed by atoms with Crippen LogP contribution in [-0.4, -0.2) is 20.7 Å². The van der Waals surface area contributed by atoms with Crippen LogP contribution in [0, 0.1) is 6.92 Å². The summed E-state index contributed by atoms with van der Waals surface area (Å²) in [5.74, 6) is 0.163. The van der Waals surface area contributed by atoms with E-state index in [2.05, 4.69) is 15.4 Å². The number of benzene rings is 2. The number of oxazole rings is 1. The number of aryl methyl sites for hydroxylation is 2. The number of hydrogen-bond acceptors (Lipinski definition) is 5. The molecule has 2 heterocycles. The molecule has 2 aromatic carbocycles. The molecule has 4 rings (SSSR count). The van der Waals surface area contributed by atoms with E-state index in [1.54, 1.807) is 49.4 Å². The molecule has 4 aromatic rings. The molecule has 0 bridgehead atoms. The molecule has 2 aromatic heterocycles. The smallest absolute Gasteiger partial charge is 0.276 e. The molecule has 0 fully saturated rings. The van der Waals surface area contributed by atoms with Crippen molar-refractivity contribution in [3.05, 3.63) is 64.4 Å². The van der Waals surface area contributed by atoms with Gasteiger partial charge in [-0.3, -0.25) is 9.59 Å². The first-order valence-electron chi connectivity index (χ1n) is 7.67. The van der Waals surface area contributed by atoms with Crippen LogP contribution >= 0.6 is 0 Å². The van der Waals surface area contributed by atoms with Crippen molar-refractivity contribution in [2.24, 2.45) is 7.05 Å². The van der Waals surface area contributed by atoms with Gasteiger partial charge in [-0.25, -0.2) is 9.67 Å². The monoisotopic (exact) mass is 334 g/mol. The van der Waals surface area contributed by atoms with Crippen molar-refractivity contribution in [3.8, 4) is 0 Å². The van der Waals surface area contributed by atoms with Crippen LogP contribution in [0.15, 0.2) is 51.7 Å². The van der Waals surface area contributed by atoms with Crippen molar-refractivity contribution in [1.29, 1.82) is 0 Å². The van der Waals surface area contributed by atoms with E-state index >= 15 is 0 Å². The molecule has 124 valence electrons. The fourth-order valence-corrected chi connectivity index (χ4v) is 2.78. The van der Waals surface area contributed by atoms with Gasteiger partial charge >= 0.3 is 0 Å². The lowest BCUT2D eigenvalue weighted by Crippen LogP contribution is -2.25. The lowest BCUT2D eigenvalue weighted by Gasteiger charge is -2.08. The number of fused-ring (bicyclic) bond motifs is 2.